The Balaban J connectivity index is 2.85. The summed E-state index contributed by atoms with van der Waals surface area (Å²) < 4.78 is 0. The second-order valence-electron chi connectivity index (χ2n) is 2.43. The van der Waals surface area contributed by atoms with Gasteiger partial charge in [-0.15, -0.1) is 0 Å². The highest BCUT2D eigenvalue weighted by atomic mass is 14.7. The summed E-state index contributed by atoms with van der Waals surface area (Å²) in [6.45, 7) is 4.95. The maximum atomic E-state index is 4.31. The Labute approximate surface area is 67.8 Å². The topological polar surface area (TPSA) is 12.4 Å². The quantitative estimate of drug-likeness (QED) is 0.570. The van der Waals surface area contributed by atoms with Crippen LogP contribution in [0.15, 0.2) is 35.3 Å². The molecular formula is C10H13N. The van der Waals surface area contributed by atoms with E-state index in [1.165, 1.54) is 5.56 Å². The van der Waals surface area contributed by atoms with Gasteiger partial charge in [-0.25, -0.2) is 0 Å². The molecule has 0 amide bonds. The van der Waals surface area contributed by atoms with E-state index in [0.29, 0.717) is 0 Å². The van der Waals surface area contributed by atoms with Crippen LogP contribution >= 0.6 is 0 Å². The lowest BCUT2D eigenvalue weighted by Crippen LogP contribution is -1.93. The lowest BCUT2D eigenvalue weighted by molar-refractivity contribution is 1.13. The van der Waals surface area contributed by atoms with Crippen LogP contribution in [-0.2, 0) is 0 Å². The maximum Gasteiger partial charge on any atom is 0.0389 e. The Morgan fingerprint density at radius 1 is 1.27 bits per heavy atom. The molecule has 0 fully saturated rings. The minimum Gasteiger partial charge on any atom is -0.290 e. The van der Waals surface area contributed by atoms with Crippen LogP contribution in [0.1, 0.15) is 19.4 Å². The van der Waals surface area contributed by atoms with Gasteiger partial charge in [-0.3, -0.25) is 4.99 Å². The number of rotatable bonds is 2. The predicted molar refractivity (Wildman–Crippen MR) is 49.2 cm³/mol. The van der Waals surface area contributed by atoms with Gasteiger partial charge in [0.15, 0.2) is 0 Å². The zero-order valence-corrected chi connectivity index (χ0v) is 7.04. The number of aliphatic imine (C=N–C) groups is 1. The maximum absolute atomic E-state index is 4.31. The van der Waals surface area contributed by atoms with E-state index in [-0.39, 0.29) is 0 Å². The standard InChI is InChI=1S/C10H13N/c1-3-11-9(2)10-7-5-4-6-8-10/h4-8H,3H2,1-2H3/b11-9+. The molecule has 1 heteroatoms. The molecule has 0 heterocycles. The van der Waals surface area contributed by atoms with Crippen molar-refractivity contribution < 1.29 is 0 Å². The summed E-state index contributed by atoms with van der Waals surface area (Å²) in [7, 11) is 0. The number of benzene rings is 1. The van der Waals surface area contributed by atoms with Crippen molar-refractivity contribution in [3.63, 3.8) is 0 Å². The largest absolute Gasteiger partial charge is 0.290 e. The van der Waals surface area contributed by atoms with Crippen LogP contribution in [0, 0.1) is 0 Å². The van der Waals surface area contributed by atoms with Gasteiger partial charge >= 0.3 is 0 Å². The van der Waals surface area contributed by atoms with Crippen LogP contribution in [0.5, 0.6) is 0 Å². The first-order chi connectivity index (χ1) is 5.34. The summed E-state index contributed by atoms with van der Waals surface area (Å²) in [6, 6.07) is 10.2. The van der Waals surface area contributed by atoms with Crippen LogP contribution in [0.25, 0.3) is 0 Å². The molecule has 0 aliphatic heterocycles. The minimum absolute atomic E-state index is 0.862. The van der Waals surface area contributed by atoms with E-state index in [0.717, 1.165) is 12.3 Å². The van der Waals surface area contributed by atoms with Gasteiger partial charge in [0.25, 0.3) is 0 Å². The zero-order valence-electron chi connectivity index (χ0n) is 7.04. The third kappa shape index (κ3) is 2.19. The van der Waals surface area contributed by atoms with Gasteiger partial charge in [-0.2, -0.15) is 0 Å². The Morgan fingerprint density at radius 2 is 1.91 bits per heavy atom. The minimum atomic E-state index is 0.862. The fraction of sp³-hybridized carbons (Fsp3) is 0.300. The first-order valence-electron chi connectivity index (χ1n) is 3.91. The first kappa shape index (κ1) is 7.99. The van der Waals surface area contributed by atoms with Crippen molar-refractivity contribution in [2.24, 2.45) is 4.99 Å². The highest BCUT2D eigenvalue weighted by Crippen LogP contribution is 1.99. The van der Waals surface area contributed by atoms with Crippen molar-refractivity contribution in [1.82, 2.24) is 0 Å². The van der Waals surface area contributed by atoms with E-state index in [1.54, 1.807) is 0 Å². The number of nitrogens with zero attached hydrogens (tertiary/aromatic N) is 1. The molecule has 0 unspecified atom stereocenters. The monoisotopic (exact) mass is 147 g/mol. The van der Waals surface area contributed by atoms with Gasteiger partial charge in [0.05, 0.1) is 0 Å². The molecule has 1 rings (SSSR count). The van der Waals surface area contributed by atoms with E-state index in [9.17, 15) is 0 Å². The Morgan fingerprint density at radius 3 is 2.45 bits per heavy atom. The molecule has 1 aromatic carbocycles. The normalized spacial score (nSPS) is 11.6. The Hall–Kier alpha value is -1.11. The fourth-order valence-corrected chi connectivity index (χ4v) is 1.01. The molecule has 1 aromatic rings. The summed E-state index contributed by atoms with van der Waals surface area (Å²) in [6.07, 6.45) is 0. The lowest BCUT2D eigenvalue weighted by Gasteiger charge is -1.97. The van der Waals surface area contributed by atoms with E-state index >= 15 is 0 Å². The summed E-state index contributed by atoms with van der Waals surface area (Å²) in [5.74, 6) is 0. The molecule has 0 aromatic heterocycles. The smallest absolute Gasteiger partial charge is 0.0389 e. The van der Waals surface area contributed by atoms with Crippen molar-refractivity contribution >= 4 is 5.71 Å². The highest BCUT2D eigenvalue weighted by molar-refractivity contribution is 5.98. The third-order valence-electron chi connectivity index (χ3n) is 1.59. The Bertz CT molecular complexity index is 236. The van der Waals surface area contributed by atoms with Crippen LogP contribution in [-0.4, -0.2) is 12.3 Å². The molecule has 0 saturated carbocycles. The van der Waals surface area contributed by atoms with Crippen LogP contribution in [0.2, 0.25) is 0 Å². The van der Waals surface area contributed by atoms with E-state index in [2.05, 4.69) is 17.1 Å². The molecule has 58 valence electrons. The summed E-state index contributed by atoms with van der Waals surface area (Å²) in [5, 5.41) is 0. The summed E-state index contributed by atoms with van der Waals surface area (Å²) in [5.41, 5.74) is 2.34. The molecule has 0 saturated heterocycles. The lowest BCUT2D eigenvalue weighted by atomic mass is 10.1. The van der Waals surface area contributed by atoms with Gasteiger partial charge in [-0.1, -0.05) is 30.3 Å². The Kier molecular flexibility index (Phi) is 2.84. The molecule has 0 N–H and O–H groups in total. The number of hydrogen-bond donors (Lipinski definition) is 0. The molecule has 1 nitrogen and oxygen atoms in total. The first-order valence-corrected chi connectivity index (χ1v) is 3.91. The van der Waals surface area contributed by atoms with Gasteiger partial charge < -0.3 is 0 Å². The molecule has 0 radical (unpaired) electrons. The van der Waals surface area contributed by atoms with Crippen molar-refractivity contribution in [2.75, 3.05) is 6.54 Å². The summed E-state index contributed by atoms with van der Waals surface area (Å²) in [4.78, 5) is 4.31. The van der Waals surface area contributed by atoms with Crippen molar-refractivity contribution in [3.8, 4) is 0 Å². The van der Waals surface area contributed by atoms with E-state index in [4.69, 9.17) is 0 Å². The number of hydrogen-bond acceptors (Lipinski definition) is 1. The molecule has 0 spiro atoms. The van der Waals surface area contributed by atoms with Crippen molar-refractivity contribution in [1.29, 1.82) is 0 Å². The van der Waals surface area contributed by atoms with Gasteiger partial charge in [0, 0.05) is 12.3 Å². The zero-order chi connectivity index (χ0) is 8.10. The van der Waals surface area contributed by atoms with E-state index < -0.39 is 0 Å². The van der Waals surface area contributed by atoms with Gasteiger partial charge in [0.2, 0.25) is 0 Å². The van der Waals surface area contributed by atoms with Crippen LogP contribution in [0.3, 0.4) is 0 Å². The average Bonchev–Trinajstić information content (AvgIpc) is 2.07. The second-order valence-corrected chi connectivity index (χ2v) is 2.43. The molecule has 11 heavy (non-hydrogen) atoms. The predicted octanol–water partition coefficient (Wildman–Crippen LogP) is 2.52. The SMILES string of the molecule is CC/N=C(\C)c1ccccc1. The molecule has 0 bridgehead atoms. The van der Waals surface area contributed by atoms with Crippen LogP contribution < -0.4 is 0 Å². The fourth-order valence-electron chi connectivity index (χ4n) is 1.01. The van der Waals surface area contributed by atoms with Crippen molar-refractivity contribution in [2.45, 2.75) is 13.8 Å². The van der Waals surface area contributed by atoms with Crippen molar-refractivity contribution in [3.05, 3.63) is 35.9 Å². The molecule has 0 aliphatic carbocycles. The van der Waals surface area contributed by atoms with E-state index in [1.807, 2.05) is 32.0 Å². The summed E-state index contributed by atoms with van der Waals surface area (Å²) >= 11 is 0. The second kappa shape index (κ2) is 3.91. The third-order valence-corrected chi connectivity index (χ3v) is 1.59. The molecule has 0 aliphatic rings. The van der Waals surface area contributed by atoms with Gasteiger partial charge in [0.1, 0.15) is 0 Å². The van der Waals surface area contributed by atoms with Crippen LogP contribution in [0.4, 0.5) is 0 Å². The molecular weight excluding hydrogens is 134 g/mol. The van der Waals surface area contributed by atoms with Gasteiger partial charge in [-0.05, 0) is 19.4 Å². The average molecular weight is 147 g/mol. The highest BCUT2D eigenvalue weighted by Gasteiger charge is 1.91. The molecule has 0 atom stereocenters.